The topological polar surface area (TPSA) is 26.1 Å². The van der Waals surface area contributed by atoms with Gasteiger partial charge in [0.2, 0.25) is 0 Å². The van der Waals surface area contributed by atoms with Crippen molar-refractivity contribution in [1.82, 2.24) is 10.6 Å². The highest BCUT2D eigenvalue weighted by Gasteiger charge is 2.34. The van der Waals surface area contributed by atoms with Gasteiger partial charge in [0.25, 0.3) is 0 Å². The molecule has 2 atom stereocenters. The molecule has 2 unspecified atom stereocenters. The Morgan fingerprint density at radius 2 is 2.57 bits per heavy atom. The third kappa shape index (κ3) is 0.409. The van der Waals surface area contributed by atoms with E-state index in [1.165, 1.54) is 6.42 Å². The summed E-state index contributed by atoms with van der Waals surface area (Å²) in [5, 5.41) is 7.66. The van der Waals surface area contributed by atoms with Crippen LogP contribution < -0.4 is 10.6 Å². The molecule has 2 heterocycles. The summed E-state index contributed by atoms with van der Waals surface area (Å²) >= 11 is 0. The van der Waals surface area contributed by atoms with Crippen molar-refractivity contribution in [2.75, 3.05) is 13.1 Å². The first-order chi connectivity index (χ1) is 3.47. The summed E-state index contributed by atoms with van der Waals surface area (Å²) in [7, 11) is 0. The first-order valence-electron chi connectivity index (χ1n) is 2.87. The maximum atomic E-state index is 4.34. The molecule has 2 nitrogen and oxygen atoms in total. The molecule has 39 valence electrons. The third-order valence-electron chi connectivity index (χ3n) is 1.86. The van der Waals surface area contributed by atoms with Gasteiger partial charge in [-0.3, -0.25) is 0 Å². The molecule has 0 amide bonds. The molecule has 2 rings (SSSR count). The van der Waals surface area contributed by atoms with E-state index in [0.29, 0.717) is 6.04 Å². The fourth-order valence-electron chi connectivity index (χ4n) is 1.26. The van der Waals surface area contributed by atoms with Crippen molar-refractivity contribution in [2.45, 2.75) is 18.5 Å². The third-order valence-corrected chi connectivity index (χ3v) is 1.86. The lowest BCUT2D eigenvalue weighted by atomic mass is 10.0. The molecule has 0 bridgehead atoms. The Hall–Kier alpha value is -0.0800. The van der Waals surface area contributed by atoms with Crippen LogP contribution in [0, 0.1) is 0 Å². The smallest absolute Gasteiger partial charge is 0.0524 e. The van der Waals surface area contributed by atoms with Gasteiger partial charge < -0.3 is 5.32 Å². The minimum absolute atomic E-state index is 0.708. The van der Waals surface area contributed by atoms with Crippen molar-refractivity contribution >= 4 is 0 Å². The molecular weight excluding hydrogens is 88.1 g/mol. The molecule has 7 heavy (non-hydrogen) atoms. The van der Waals surface area contributed by atoms with Crippen LogP contribution in [0.1, 0.15) is 6.42 Å². The summed E-state index contributed by atoms with van der Waals surface area (Å²) in [6, 6.07) is 1.49. The molecule has 2 fully saturated rings. The van der Waals surface area contributed by atoms with Gasteiger partial charge in [-0.2, -0.15) is 0 Å². The summed E-state index contributed by atoms with van der Waals surface area (Å²) in [6.45, 7) is 2.24. The first-order valence-corrected chi connectivity index (χ1v) is 2.87. The molecule has 0 saturated carbocycles. The van der Waals surface area contributed by atoms with Crippen molar-refractivity contribution in [3.63, 3.8) is 0 Å². The van der Waals surface area contributed by atoms with Crippen LogP contribution in [0.25, 0.3) is 0 Å². The molecule has 0 aromatic heterocycles. The molecular formula is C5H9N2. The van der Waals surface area contributed by atoms with Crippen LogP contribution in [0.15, 0.2) is 0 Å². The number of rotatable bonds is 0. The summed E-state index contributed by atoms with van der Waals surface area (Å²) in [4.78, 5) is 0. The van der Waals surface area contributed by atoms with E-state index in [-0.39, 0.29) is 0 Å². The minimum atomic E-state index is 0.708. The van der Waals surface area contributed by atoms with Gasteiger partial charge in [-0.1, -0.05) is 0 Å². The molecule has 2 aliphatic rings. The van der Waals surface area contributed by atoms with E-state index in [9.17, 15) is 0 Å². The number of fused-ring (bicyclic) bond motifs is 1. The van der Waals surface area contributed by atoms with E-state index in [2.05, 4.69) is 10.6 Å². The predicted octanol–water partition coefficient (Wildman–Crippen LogP) is -0.665. The first kappa shape index (κ1) is 3.87. The Labute approximate surface area is 43.3 Å². The standard InChI is InChI=1S/C5H9N2/c1-2-6-5-3-7-4(1)5/h4-5,7H,1-3H2. The Balaban J connectivity index is 2.03. The summed E-state index contributed by atoms with van der Waals surface area (Å²) in [5.74, 6) is 0. The van der Waals surface area contributed by atoms with Gasteiger partial charge in [0.1, 0.15) is 0 Å². The zero-order valence-corrected chi connectivity index (χ0v) is 4.22. The molecule has 2 saturated heterocycles. The highest BCUT2D eigenvalue weighted by Crippen LogP contribution is 2.14. The molecule has 0 aromatic carbocycles. The van der Waals surface area contributed by atoms with E-state index >= 15 is 0 Å². The van der Waals surface area contributed by atoms with E-state index in [4.69, 9.17) is 0 Å². The number of hydrogen-bond donors (Lipinski definition) is 1. The monoisotopic (exact) mass is 97.1 g/mol. The summed E-state index contributed by atoms with van der Waals surface area (Å²) in [5.41, 5.74) is 0. The molecule has 2 aliphatic heterocycles. The van der Waals surface area contributed by atoms with Crippen LogP contribution in [0.5, 0.6) is 0 Å². The fraction of sp³-hybridized carbons (Fsp3) is 1.00. The van der Waals surface area contributed by atoms with Crippen molar-refractivity contribution in [3.8, 4) is 0 Å². The predicted molar refractivity (Wildman–Crippen MR) is 27.2 cm³/mol. The van der Waals surface area contributed by atoms with Gasteiger partial charge in [-0.15, -0.1) is 0 Å². The average molecular weight is 97.1 g/mol. The van der Waals surface area contributed by atoms with Gasteiger partial charge in [0, 0.05) is 19.1 Å². The zero-order valence-electron chi connectivity index (χ0n) is 4.22. The van der Waals surface area contributed by atoms with Crippen LogP contribution in [0.2, 0.25) is 0 Å². The molecule has 1 N–H and O–H groups in total. The van der Waals surface area contributed by atoms with Crippen LogP contribution >= 0.6 is 0 Å². The maximum absolute atomic E-state index is 4.34. The number of hydrogen-bond acceptors (Lipinski definition) is 1. The van der Waals surface area contributed by atoms with E-state index in [0.717, 1.165) is 19.1 Å². The fourth-order valence-corrected chi connectivity index (χ4v) is 1.26. The largest absolute Gasteiger partial charge is 0.311 e. The van der Waals surface area contributed by atoms with Gasteiger partial charge in [-0.25, -0.2) is 5.32 Å². The second kappa shape index (κ2) is 1.20. The van der Waals surface area contributed by atoms with Crippen LogP contribution in [0.4, 0.5) is 0 Å². The summed E-state index contributed by atoms with van der Waals surface area (Å²) in [6.07, 6.45) is 1.28. The Morgan fingerprint density at radius 1 is 1.57 bits per heavy atom. The highest BCUT2D eigenvalue weighted by molar-refractivity contribution is 4.98. The lowest BCUT2D eigenvalue weighted by Gasteiger charge is -2.30. The number of nitrogens with zero attached hydrogens (tertiary/aromatic N) is 1. The molecule has 0 spiro atoms. The summed E-state index contributed by atoms with van der Waals surface area (Å²) < 4.78 is 0. The lowest BCUT2D eigenvalue weighted by Crippen LogP contribution is -2.56. The van der Waals surface area contributed by atoms with Crippen LogP contribution in [-0.2, 0) is 0 Å². The second-order valence-corrected chi connectivity index (χ2v) is 2.28. The van der Waals surface area contributed by atoms with E-state index in [1.54, 1.807) is 0 Å². The van der Waals surface area contributed by atoms with Gasteiger partial charge in [0.05, 0.1) is 6.04 Å². The van der Waals surface area contributed by atoms with Crippen LogP contribution in [-0.4, -0.2) is 25.2 Å². The Kier molecular flexibility index (Phi) is 0.664. The van der Waals surface area contributed by atoms with Gasteiger partial charge >= 0.3 is 0 Å². The highest BCUT2D eigenvalue weighted by atomic mass is 15.2. The molecule has 0 aromatic rings. The maximum Gasteiger partial charge on any atom is 0.0524 e. The van der Waals surface area contributed by atoms with Crippen molar-refractivity contribution in [1.29, 1.82) is 0 Å². The van der Waals surface area contributed by atoms with Gasteiger partial charge in [0.15, 0.2) is 0 Å². The van der Waals surface area contributed by atoms with E-state index < -0.39 is 0 Å². The average Bonchev–Trinajstić information content (AvgIpc) is 1.85. The molecule has 2 heteroatoms. The Morgan fingerprint density at radius 3 is 2.86 bits per heavy atom. The second-order valence-electron chi connectivity index (χ2n) is 2.28. The minimum Gasteiger partial charge on any atom is -0.311 e. The molecule has 0 aliphatic carbocycles. The van der Waals surface area contributed by atoms with E-state index in [1.807, 2.05) is 0 Å². The Bertz CT molecular complexity index is 72.1. The van der Waals surface area contributed by atoms with Gasteiger partial charge in [-0.05, 0) is 6.42 Å². The molecule has 1 radical (unpaired) electrons. The van der Waals surface area contributed by atoms with Crippen molar-refractivity contribution in [3.05, 3.63) is 0 Å². The SMILES string of the molecule is C1CC2NCC2[N]1. The van der Waals surface area contributed by atoms with Crippen LogP contribution in [0.3, 0.4) is 0 Å². The van der Waals surface area contributed by atoms with Crippen molar-refractivity contribution in [2.24, 2.45) is 0 Å². The quantitative estimate of drug-likeness (QED) is 0.426. The normalized spacial score (nSPS) is 48.0. The van der Waals surface area contributed by atoms with Crippen molar-refractivity contribution < 1.29 is 0 Å². The number of nitrogens with one attached hydrogen (secondary N) is 1. The lowest BCUT2D eigenvalue weighted by molar-refractivity contribution is 0.325. The zero-order chi connectivity index (χ0) is 4.69.